The minimum absolute atomic E-state index is 0.00948. The first-order valence-electron chi connectivity index (χ1n) is 7.36. The lowest BCUT2D eigenvalue weighted by Crippen LogP contribution is -2.42. The third kappa shape index (κ3) is 7.77. The van der Waals surface area contributed by atoms with E-state index in [-0.39, 0.29) is 25.2 Å². The van der Waals surface area contributed by atoms with Crippen LogP contribution in [0.15, 0.2) is 4.52 Å². The Bertz CT molecular complexity index is 422. The molecule has 1 N–H and O–H groups in total. The van der Waals surface area contributed by atoms with Gasteiger partial charge in [-0.2, -0.15) is 4.98 Å². The normalized spacial score (nSPS) is 12.6. The largest absolute Gasteiger partial charge is 0.362 e. The van der Waals surface area contributed by atoms with E-state index in [9.17, 15) is 4.79 Å². The molecular formula is C14H26N4O3. The number of rotatable bonds is 10. The van der Waals surface area contributed by atoms with E-state index in [1.165, 1.54) is 12.8 Å². The molecule has 7 heteroatoms. The zero-order valence-electron chi connectivity index (χ0n) is 13.4. The maximum absolute atomic E-state index is 11.7. The van der Waals surface area contributed by atoms with Crippen LogP contribution in [-0.4, -0.2) is 53.7 Å². The number of aromatic nitrogens is 2. The lowest BCUT2D eigenvalue weighted by molar-refractivity contribution is -0.127. The molecule has 0 fully saturated rings. The van der Waals surface area contributed by atoms with Crippen molar-refractivity contribution in [2.24, 2.45) is 0 Å². The van der Waals surface area contributed by atoms with E-state index in [0.29, 0.717) is 11.7 Å². The topological polar surface area (TPSA) is 80.5 Å². The molecule has 0 aromatic carbocycles. The van der Waals surface area contributed by atoms with Gasteiger partial charge in [0.15, 0.2) is 5.82 Å². The van der Waals surface area contributed by atoms with Gasteiger partial charge in [0.1, 0.15) is 13.2 Å². The maximum Gasteiger partial charge on any atom is 0.252 e. The van der Waals surface area contributed by atoms with E-state index >= 15 is 0 Å². The average Bonchev–Trinajstić information content (AvgIpc) is 2.81. The Kier molecular flexibility index (Phi) is 7.92. The first-order valence-corrected chi connectivity index (χ1v) is 7.36. The third-order valence-corrected chi connectivity index (χ3v) is 2.91. The number of aryl methyl sites for hydroxylation is 1. The number of unbranched alkanes of at least 4 members (excludes halogenated alkanes) is 1. The SMILES string of the molecule is CCCCN(C)CC(C)NC(=O)COCc1nc(C)no1. The molecule has 1 unspecified atom stereocenters. The van der Waals surface area contributed by atoms with Crippen molar-refractivity contribution in [3.05, 3.63) is 11.7 Å². The molecule has 0 aliphatic rings. The molecule has 0 saturated heterocycles. The van der Waals surface area contributed by atoms with Gasteiger partial charge in [-0.05, 0) is 33.9 Å². The van der Waals surface area contributed by atoms with Gasteiger partial charge >= 0.3 is 0 Å². The molecule has 120 valence electrons. The fraction of sp³-hybridized carbons (Fsp3) is 0.786. The van der Waals surface area contributed by atoms with Gasteiger partial charge in [-0.25, -0.2) is 0 Å². The summed E-state index contributed by atoms with van der Waals surface area (Å²) in [7, 11) is 2.06. The quantitative estimate of drug-likeness (QED) is 0.697. The number of nitrogens with zero attached hydrogens (tertiary/aromatic N) is 3. The Labute approximate surface area is 126 Å². The summed E-state index contributed by atoms with van der Waals surface area (Å²) in [5.41, 5.74) is 0. The highest BCUT2D eigenvalue weighted by Gasteiger charge is 2.10. The van der Waals surface area contributed by atoms with Crippen LogP contribution in [0.1, 0.15) is 38.4 Å². The maximum atomic E-state index is 11.7. The van der Waals surface area contributed by atoms with E-state index < -0.39 is 0 Å². The molecule has 7 nitrogen and oxygen atoms in total. The molecule has 1 aromatic rings. The number of amides is 1. The molecule has 1 aromatic heterocycles. The molecule has 0 spiro atoms. The van der Waals surface area contributed by atoms with E-state index in [1.54, 1.807) is 6.92 Å². The first kappa shape index (κ1) is 17.6. The second-order valence-electron chi connectivity index (χ2n) is 5.31. The number of nitrogens with one attached hydrogen (secondary N) is 1. The molecule has 0 radical (unpaired) electrons. The Hall–Kier alpha value is -1.47. The van der Waals surface area contributed by atoms with E-state index in [0.717, 1.165) is 13.1 Å². The predicted molar refractivity (Wildman–Crippen MR) is 78.7 cm³/mol. The summed E-state index contributed by atoms with van der Waals surface area (Å²) in [5, 5.41) is 6.55. The van der Waals surface area contributed by atoms with Crippen LogP contribution in [0.25, 0.3) is 0 Å². The van der Waals surface area contributed by atoms with E-state index in [1.807, 2.05) is 6.92 Å². The third-order valence-electron chi connectivity index (χ3n) is 2.91. The van der Waals surface area contributed by atoms with Gasteiger partial charge in [0, 0.05) is 12.6 Å². The van der Waals surface area contributed by atoms with Crippen molar-refractivity contribution in [3.63, 3.8) is 0 Å². The van der Waals surface area contributed by atoms with Crippen molar-refractivity contribution < 1.29 is 14.1 Å². The molecule has 1 rings (SSSR count). The van der Waals surface area contributed by atoms with Crippen molar-refractivity contribution in [2.75, 3.05) is 26.7 Å². The molecular weight excluding hydrogens is 272 g/mol. The van der Waals surface area contributed by atoms with Crippen molar-refractivity contribution in [1.29, 1.82) is 0 Å². The monoisotopic (exact) mass is 298 g/mol. The zero-order chi connectivity index (χ0) is 15.7. The second-order valence-corrected chi connectivity index (χ2v) is 5.31. The number of hydrogen-bond donors (Lipinski definition) is 1. The van der Waals surface area contributed by atoms with E-state index in [2.05, 4.69) is 34.3 Å². The molecule has 0 aliphatic heterocycles. The molecule has 0 bridgehead atoms. The van der Waals surface area contributed by atoms with Crippen molar-refractivity contribution >= 4 is 5.91 Å². The molecule has 1 amide bonds. The Morgan fingerprint density at radius 3 is 2.90 bits per heavy atom. The molecule has 0 saturated carbocycles. The Morgan fingerprint density at radius 1 is 1.52 bits per heavy atom. The van der Waals surface area contributed by atoms with Crippen LogP contribution in [0.5, 0.6) is 0 Å². The van der Waals surface area contributed by atoms with Gasteiger partial charge in [-0.15, -0.1) is 0 Å². The summed E-state index contributed by atoms with van der Waals surface area (Å²) in [6, 6.07) is 0.0913. The van der Waals surface area contributed by atoms with Crippen molar-refractivity contribution in [1.82, 2.24) is 20.4 Å². The number of hydrogen-bond acceptors (Lipinski definition) is 6. The summed E-state index contributed by atoms with van der Waals surface area (Å²) in [6.45, 7) is 7.90. The van der Waals surface area contributed by atoms with Crippen LogP contribution >= 0.6 is 0 Å². The van der Waals surface area contributed by atoms with Crippen LogP contribution < -0.4 is 5.32 Å². The number of carbonyl (C=O) groups is 1. The number of carbonyl (C=O) groups excluding carboxylic acids is 1. The van der Waals surface area contributed by atoms with Crippen LogP contribution in [0.3, 0.4) is 0 Å². The van der Waals surface area contributed by atoms with Gasteiger partial charge in [0.05, 0.1) is 0 Å². The van der Waals surface area contributed by atoms with Crippen LogP contribution in [0.2, 0.25) is 0 Å². The summed E-state index contributed by atoms with van der Waals surface area (Å²) < 4.78 is 10.1. The average molecular weight is 298 g/mol. The predicted octanol–water partition coefficient (Wildman–Crippen LogP) is 1.13. The smallest absolute Gasteiger partial charge is 0.252 e. The second kappa shape index (κ2) is 9.46. The summed E-state index contributed by atoms with van der Waals surface area (Å²) in [5.74, 6) is 0.803. The van der Waals surface area contributed by atoms with Gasteiger partial charge in [-0.1, -0.05) is 18.5 Å². The van der Waals surface area contributed by atoms with Crippen LogP contribution in [0, 0.1) is 6.92 Å². The highest BCUT2D eigenvalue weighted by atomic mass is 16.5. The summed E-state index contributed by atoms with van der Waals surface area (Å²) >= 11 is 0. The van der Waals surface area contributed by atoms with Crippen LogP contribution in [0.4, 0.5) is 0 Å². The van der Waals surface area contributed by atoms with Gasteiger partial charge in [-0.3, -0.25) is 4.79 Å². The van der Waals surface area contributed by atoms with Crippen molar-refractivity contribution in [2.45, 2.75) is 46.3 Å². The molecule has 21 heavy (non-hydrogen) atoms. The number of likely N-dealkylation sites (N-methyl/N-ethyl adjacent to an activating group) is 1. The Morgan fingerprint density at radius 2 is 2.29 bits per heavy atom. The lowest BCUT2D eigenvalue weighted by Gasteiger charge is -2.21. The molecule has 1 atom stereocenters. The Balaban J connectivity index is 2.14. The van der Waals surface area contributed by atoms with Gasteiger partial charge < -0.3 is 19.5 Å². The minimum atomic E-state index is -0.136. The lowest BCUT2D eigenvalue weighted by atomic mass is 10.2. The number of ether oxygens (including phenoxy) is 1. The summed E-state index contributed by atoms with van der Waals surface area (Å²) in [4.78, 5) is 17.9. The fourth-order valence-corrected chi connectivity index (χ4v) is 1.98. The van der Waals surface area contributed by atoms with Crippen molar-refractivity contribution in [3.8, 4) is 0 Å². The highest BCUT2D eigenvalue weighted by Crippen LogP contribution is 1.98. The van der Waals surface area contributed by atoms with Crippen LogP contribution in [-0.2, 0) is 16.1 Å². The van der Waals surface area contributed by atoms with Gasteiger partial charge in [0.25, 0.3) is 5.89 Å². The van der Waals surface area contributed by atoms with E-state index in [4.69, 9.17) is 9.26 Å². The van der Waals surface area contributed by atoms with Gasteiger partial charge in [0.2, 0.25) is 5.91 Å². The first-order chi connectivity index (χ1) is 10.0. The minimum Gasteiger partial charge on any atom is -0.362 e. The standard InChI is InChI=1S/C14H26N4O3/c1-5-6-7-18(4)8-11(2)15-13(19)9-20-10-14-16-12(3)17-21-14/h11H,5-10H2,1-4H3,(H,15,19). The highest BCUT2D eigenvalue weighted by molar-refractivity contribution is 5.77. The zero-order valence-corrected chi connectivity index (χ0v) is 13.4. The fourth-order valence-electron chi connectivity index (χ4n) is 1.98. The summed E-state index contributed by atoms with van der Waals surface area (Å²) in [6.07, 6.45) is 2.35. The molecule has 1 heterocycles. The molecule has 0 aliphatic carbocycles.